The molecule has 4 aromatic rings. The van der Waals surface area contributed by atoms with Crippen molar-refractivity contribution >= 4 is 22.5 Å². The van der Waals surface area contributed by atoms with Crippen molar-refractivity contribution in [1.29, 1.82) is 0 Å². The van der Waals surface area contributed by atoms with Gasteiger partial charge >= 0.3 is 5.69 Å². The highest BCUT2D eigenvalue weighted by molar-refractivity contribution is 6.30. The van der Waals surface area contributed by atoms with Gasteiger partial charge in [0.25, 0.3) is 5.56 Å². The number of aryl methyl sites for hydroxylation is 1. The molecule has 1 atom stereocenters. The van der Waals surface area contributed by atoms with Gasteiger partial charge in [0.1, 0.15) is 11.5 Å². The summed E-state index contributed by atoms with van der Waals surface area (Å²) in [5.41, 5.74) is 1.33. The summed E-state index contributed by atoms with van der Waals surface area (Å²) in [6, 6.07) is 14.4. The summed E-state index contributed by atoms with van der Waals surface area (Å²) in [5.74, 6) is 1.07. The monoisotopic (exact) mass is 451 g/mol. The molecule has 7 nitrogen and oxygen atoms in total. The zero-order valence-electron chi connectivity index (χ0n) is 17.6. The molecule has 2 aromatic carbocycles. The average molecular weight is 452 g/mol. The normalized spacial score (nSPS) is 16.1. The van der Waals surface area contributed by atoms with E-state index in [-0.39, 0.29) is 30.4 Å². The van der Waals surface area contributed by atoms with Gasteiger partial charge < -0.3 is 9.15 Å². The standard InChI is InChI=1S/C24H22ClN3O4/c1-15-20(26-22(32-15)16-8-10-17(25)11-9-16)14-27-21-7-3-2-6-19(21)23(29)28(24(27)30)13-18-5-4-12-31-18/h2-3,6-11,18H,4-5,12-14H2,1H3. The van der Waals surface area contributed by atoms with Crippen molar-refractivity contribution < 1.29 is 9.15 Å². The molecule has 164 valence electrons. The van der Waals surface area contributed by atoms with E-state index in [0.717, 1.165) is 18.4 Å². The quantitative estimate of drug-likeness (QED) is 0.458. The summed E-state index contributed by atoms with van der Waals surface area (Å²) in [6.07, 6.45) is 1.65. The second-order valence-electron chi connectivity index (χ2n) is 7.97. The van der Waals surface area contributed by atoms with Crippen LogP contribution in [0.5, 0.6) is 0 Å². The molecule has 0 bridgehead atoms. The molecule has 1 saturated heterocycles. The molecular formula is C24H22ClN3O4. The minimum atomic E-state index is -0.375. The van der Waals surface area contributed by atoms with Crippen molar-refractivity contribution in [1.82, 2.24) is 14.1 Å². The van der Waals surface area contributed by atoms with Crippen LogP contribution in [0.2, 0.25) is 5.02 Å². The number of oxazole rings is 1. The Morgan fingerprint density at radius 1 is 1.09 bits per heavy atom. The lowest BCUT2D eigenvalue weighted by molar-refractivity contribution is 0.0948. The van der Waals surface area contributed by atoms with E-state index >= 15 is 0 Å². The molecule has 8 heteroatoms. The van der Waals surface area contributed by atoms with Gasteiger partial charge in [-0.25, -0.2) is 9.78 Å². The van der Waals surface area contributed by atoms with Crippen LogP contribution in [0.1, 0.15) is 24.3 Å². The zero-order valence-corrected chi connectivity index (χ0v) is 18.3. The third-order valence-corrected chi connectivity index (χ3v) is 6.09. The van der Waals surface area contributed by atoms with E-state index in [1.54, 1.807) is 34.9 Å². The Bertz CT molecular complexity index is 1400. The number of para-hydroxylation sites is 1. The van der Waals surface area contributed by atoms with Crippen LogP contribution in [-0.4, -0.2) is 26.8 Å². The van der Waals surface area contributed by atoms with Gasteiger partial charge in [-0.1, -0.05) is 23.7 Å². The van der Waals surface area contributed by atoms with Crippen LogP contribution in [0.4, 0.5) is 0 Å². The molecular weight excluding hydrogens is 430 g/mol. The number of rotatable bonds is 5. The molecule has 1 aliphatic rings. The van der Waals surface area contributed by atoms with E-state index in [4.69, 9.17) is 20.8 Å². The van der Waals surface area contributed by atoms with Crippen molar-refractivity contribution in [3.63, 3.8) is 0 Å². The molecule has 0 N–H and O–H groups in total. The lowest BCUT2D eigenvalue weighted by Crippen LogP contribution is -2.42. The van der Waals surface area contributed by atoms with Gasteiger partial charge in [-0.15, -0.1) is 0 Å². The van der Waals surface area contributed by atoms with Crippen LogP contribution in [0, 0.1) is 6.92 Å². The molecule has 1 unspecified atom stereocenters. The van der Waals surface area contributed by atoms with Crippen LogP contribution in [0.25, 0.3) is 22.4 Å². The fourth-order valence-corrected chi connectivity index (χ4v) is 4.24. The Hall–Kier alpha value is -3.16. The number of fused-ring (bicyclic) bond motifs is 1. The van der Waals surface area contributed by atoms with E-state index in [1.165, 1.54) is 4.57 Å². The number of hydrogen-bond acceptors (Lipinski definition) is 5. The largest absolute Gasteiger partial charge is 0.441 e. The van der Waals surface area contributed by atoms with Gasteiger partial charge in [-0.3, -0.25) is 13.9 Å². The predicted molar refractivity (Wildman–Crippen MR) is 122 cm³/mol. The van der Waals surface area contributed by atoms with Crippen LogP contribution < -0.4 is 11.2 Å². The number of halogens is 1. The van der Waals surface area contributed by atoms with Gasteiger partial charge in [0.2, 0.25) is 5.89 Å². The van der Waals surface area contributed by atoms with Crippen LogP contribution in [0.3, 0.4) is 0 Å². The Kier molecular flexibility index (Phi) is 5.45. The zero-order chi connectivity index (χ0) is 22.2. The molecule has 0 saturated carbocycles. The van der Waals surface area contributed by atoms with E-state index in [1.807, 2.05) is 25.1 Å². The van der Waals surface area contributed by atoms with Crippen molar-refractivity contribution in [3.8, 4) is 11.5 Å². The summed E-state index contributed by atoms with van der Waals surface area (Å²) in [6.45, 7) is 2.91. The highest BCUT2D eigenvalue weighted by atomic mass is 35.5. The maximum atomic E-state index is 13.4. The second kappa shape index (κ2) is 8.41. The van der Waals surface area contributed by atoms with Gasteiger partial charge in [0, 0.05) is 17.2 Å². The fourth-order valence-electron chi connectivity index (χ4n) is 4.12. The molecule has 2 aromatic heterocycles. The summed E-state index contributed by atoms with van der Waals surface area (Å²) in [7, 11) is 0. The SMILES string of the molecule is Cc1oc(-c2ccc(Cl)cc2)nc1Cn1c(=O)n(CC2CCCO2)c(=O)c2ccccc21. The number of aromatic nitrogens is 3. The minimum absolute atomic E-state index is 0.125. The first-order valence-corrected chi connectivity index (χ1v) is 11.0. The van der Waals surface area contributed by atoms with E-state index in [0.29, 0.717) is 39.9 Å². The Balaban J connectivity index is 1.59. The minimum Gasteiger partial charge on any atom is -0.441 e. The number of hydrogen-bond donors (Lipinski definition) is 0. The van der Waals surface area contributed by atoms with E-state index in [9.17, 15) is 9.59 Å². The van der Waals surface area contributed by atoms with Gasteiger partial charge in [-0.2, -0.15) is 0 Å². The number of ether oxygens (including phenoxy) is 1. The molecule has 0 spiro atoms. The summed E-state index contributed by atoms with van der Waals surface area (Å²) < 4.78 is 14.4. The first-order chi connectivity index (χ1) is 15.5. The van der Waals surface area contributed by atoms with Crippen molar-refractivity contribution in [2.24, 2.45) is 0 Å². The lowest BCUT2D eigenvalue weighted by Gasteiger charge is -2.16. The molecule has 1 aliphatic heterocycles. The van der Waals surface area contributed by atoms with Gasteiger partial charge in [0.15, 0.2) is 0 Å². The average Bonchev–Trinajstić information content (AvgIpc) is 3.44. The topological polar surface area (TPSA) is 79.3 Å². The molecule has 32 heavy (non-hydrogen) atoms. The molecule has 0 radical (unpaired) electrons. The maximum Gasteiger partial charge on any atom is 0.331 e. The van der Waals surface area contributed by atoms with Gasteiger partial charge in [-0.05, 0) is 56.2 Å². The van der Waals surface area contributed by atoms with E-state index < -0.39 is 0 Å². The first-order valence-electron chi connectivity index (χ1n) is 10.6. The third kappa shape index (κ3) is 3.78. The van der Waals surface area contributed by atoms with Crippen molar-refractivity contribution in [2.75, 3.05) is 6.61 Å². The van der Waals surface area contributed by atoms with Crippen LogP contribution in [-0.2, 0) is 17.8 Å². The fraction of sp³-hybridized carbons (Fsp3) is 0.292. The molecule has 0 aliphatic carbocycles. The third-order valence-electron chi connectivity index (χ3n) is 5.83. The second-order valence-corrected chi connectivity index (χ2v) is 8.40. The summed E-state index contributed by atoms with van der Waals surface area (Å²) in [4.78, 5) is 31.1. The summed E-state index contributed by atoms with van der Waals surface area (Å²) in [5, 5.41) is 1.12. The predicted octanol–water partition coefficient (Wildman–Crippen LogP) is 4.01. The maximum absolute atomic E-state index is 13.4. The number of nitrogens with zero attached hydrogens (tertiary/aromatic N) is 3. The summed E-state index contributed by atoms with van der Waals surface area (Å²) >= 11 is 5.98. The number of benzene rings is 2. The highest BCUT2D eigenvalue weighted by Crippen LogP contribution is 2.24. The van der Waals surface area contributed by atoms with Crippen molar-refractivity contribution in [2.45, 2.75) is 39.0 Å². The highest BCUT2D eigenvalue weighted by Gasteiger charge is 2.21. The first kappa shape index (κ1) is 20.7. The van der Waals surface area contributed by atoms with Crippen molar-refractivity contribution in [3.05, 3.63) is 85.8 Å². The Morgan fingerprint density at radius 3 is 2.62 bits per heavy atom. The molecule has 3 heterocycles. The molecule has 0 amide bonds. The van der Waals surface area contributed by atoms with Crippen LogP contribution in [0.15, 0.2) is 62.5 Å². The Labute approximate surface area is 188 Å². The van der Waals surface area contributed by atoms with Gasteiger partial charge in [0.05, 0.1) is 30.1 Å². The molecule has 1 fully saturated rings. The van der Waals surface area contributed by atoms with E-state index in [2.05, 4.69) is 4.98 Å². The molecule has 5 rings (SSSR count). The Morgan fingerprint density at radius 2 is 1.88 bits per heavy atom. The smallest absolute Gasteiger partial charge is 0.331 e. The lowest BCUT2D eigenvalue weighted by atomic mass is 10.2. The van der Waals surface area contributed by atoms with Crippen LogP contribution >= 0.6 is 11.6 Å².